The van der Waals surface area contributed by atoms with Gasteiger partial charge >= 0.3 is 6.61 Å². The number of hydrogen-bond acceptors (Lipinski definition) is 3. The molecular formula is C16H24F2N2O. The Balaban J connectivity index is 1.95. The van der Waals surface area contributed by atoms with Crippen LogP contribution in [-0.2, 0) is 0 Å². The van der Waals surface area contributed by atoms with Gasteiger partial charge in [0.2, 0.25) is 0 Å². The van der Waals surface area contributed by atoms with Gasteiger partial charge in [-0.3, -0.25) is 0 Å². The second-order valence-electron chi connectivity index (χ2n) is 5.51. The average molecular weight is 298 g/mol. The molecule has 1 aliphatic heterocycles. The van der Waals surface area contributed by atoms with E-state index in [0.717, 1.165) is 38.0 Å². The van der Waals surface area contributed by atoms with Gasteiger partial charge in [0, 0.05) is 17.6 Å². The molecule has 1 aromatic carbocycles. The number of hydrogen-bond donors (Lipinski definition) is 1. The van der Waals surface area contributed by atoms with E-state index in [1.165, 1.54) is 0 Å². The van der Waals surface area contributed by atoms with E-state index in [4.69, 9.17) is 0 Å². The van der Waals surface area contributed by atoms with E-state index < -0.39 is 6.61 Å². The van der Waals surface area contributed by atoms with Gasteiger partial charge in [0.15, 0.2) is 0 Å². The lowest BCUT2D eigenvalue weighted by molar-refractivity contribution is -0.0507. The molecule has 21 heavy (non-hydrogen) atoms. The molecule has 1 heterocycles. The number of likely N-dealkylation sites (tertiary alicyclic amines) is 1. The van der Waals surface area contributed by atoms with Crippen LogP contribution in [-0.4, -0.2) is 37.2 Å². The summed E-state index contributed by atoms with van der Waals surface area (Å²) in [7, 11) is 0. The lowest BCUT2D eigenvalue weighted by atomic mass is 10.0. The van der Waals surface area contributed by atoms with E-state index in [9.17, 15) is 8.78 Å². The number of halogens is 2. The van der Waals surface area contributed by atoms with Gasteiger partial charge in [-0.05, 0) is 45.5 Å². The Morgan fingerprint density at radius 3 is 2.57 bits per heavy atom. The summed E-state index contributed by atoms with van der Waals surface area (Å²) in [6.45, 7) is 4.67. The highest BCUT2D eigenvalue weighted by Crippen LogP contribution is 2.27. The number of rotatable bonds is 6. The Hall–Kier alpha value is -1.20. The summed E-state index contributed by atoms with van der Waals surface area (Å²) in [5.41, 5.74) is 0.788. The van der Waals surface area contributed by atoms with Crippen LogP contribution >= 0.6 is 0 Å². The van der Waals surface area contributed by atoms with Crippen LogP contribution in [0.1, 0.15) is 38.3 Å². The molecular weight excluding hydrogens is 274 g/mol. The minimum absolute atomic E-state index is 0.00173. The lowest BCUT2D eigenvalue weighted by Crippen LogP contribution is -2.43. The third kappa shape index (κ3) is 4.64. The van der Waals surface area contributed by atoms with Crippen molar-refractivity contribution in [3.05, 3.63) is 29.8 Å². The molecule has 0 radical (unpaired) electrons. The van der Waals surface area contributed by atoms with Crippen molar-refractivity contribution in [1.29, 1.82) is 0 Å². The summed E-state index contributed by atoms with van der Waals surface area (Å²) >= 11 is 0. The minimum atomic E-state index is -2.79. The van der Waals surface area contributed by atoms with Gasteiger partial charge in [-0.15, -0.1) is 0 Å². The number of ether oxygens (including phenoxy) is 1. The fourth-order valence-corrected chi connectivity index (χ4v) is 2.90. The van der Waals surface area contributed by atoms with Crippen molar-refractivity contribution >= 4 is 0 Å². The first-order valence-electron chi connectivity index (χ1n) is 7.62. The Kier molecular flexibility index (Phi) is 5.94. The fourth-order valence-electron chi connectivity index (χ4n) is 2.90. The molecule has 1 aliphatic rings. The number of nitrogens with one attached hydrogen (secondary N) is 1. The number of alkyl halides is 2. The van der Waals surface area contributed by atoms with Crippen molar-refractivity contribution in [1.82, 2.24) is 10.2 Å². The van der Waals surface area contributed by atoms with Gasteiger partial charge in [-0.1, -0.05) is 25.1 Å². The smallest absolute Gasteiger partial charge is 0.387 e. The molecule has 3 nitrogen and oxygen atoms in total. The Morgan fingerprint density at radius 1 is 1.29 bits per heavy atom. The van der Waals surface area contributed by atoms with Crippen LogP contribution < -0.4 is 10.1 Å². The average Bonchev–Trinajstić information content (AvgIpc) is 2.48. The molecule has 118 valence electrons. The van der Waals surface area contributed by atoms with Crippen molar-refractivity contribution in [2.45, 2.75) is 45.4 Å². The van der Waals surface area contributed by atoms with Crippen LogP contribution in [0.2, 0.25) is 0 Å². The molecule has 2 rings (SSSR count). The summed E-state index contributed by atoms with van der Waals surface area (Å²) < 4.78 is 29.5. The molecule has 1 fully saturated rings. The van der Waals surface area contributed by atoms with E-state index in [1.807, 2.05) is 19.1 Å². The first-order valence-corrected chi connectivity index (χ1v) is 7.62. The maximum absolute atomic E-state index is 12.5. The molecule has 1 N–H and O–H groups in total. The van der Waals surface area contributed by atoms with E-state index in [0.29, 0.717) is 6.04 Å². The van der Waals surface area contributed by atoms with Gasteiger partial charge in [0.1, 0.15) is 5.75 Å². The van der Waals surface area contributed by atoms with Crippen molar-refractivity contribution in [3.63, 3.8) is 0 Å². The molecule has 0 aromatic heterocycles. The number of nitrogens with zero attached hydrogens (tertiary/aromatic N) is 1. The Morgan fingerprint density at radius 2 is 1.95 bits per heavy atom. The number of benzene rings is 1. The zero-order valence-electron chi connectivity index (χ0n) is 12.7. The van der Waals surface area contributed by atoms with Crippen molar-refractivity contribution in [2.24, 2.45) is 0 Å². The Labute approximate surface area is 125 Å². The van der Waals surface area contributed by atoms with E-state index >= 15 is 0 Å². The number of para-hydroxylation sites is 1. The summed E-state index contributed by atoms with van der Waals surface area (Å²) in [5, 5.41) is 3.54. The highest BCUT2D eigenvalue weighted by molar-refractivity contribution is 5.35. The lowest BCUT2D eigenvalue weighted by Gasteiger charge is -2.33. The SMILES string of the molecule is CCN1CCC(NC(C)c2ccccc2OC(F)F)CC1. The van der Waals surface area contributed by atoms with E-state index in [-0.39, 0.29) is 11.8 Å². The van der Waals surface area contributed by atoms with E-state index in [2.05, 4.69) is 21.9 Å². The third-order valence-electron chi connectivity index (χ3n) is 4.12. The molecule has 0 bridgehead atoms. The van der Waals surface area contributed by atoms with Gasteiger partial charge in [0.25, 0.3) is 0 Å². The van der Waals surface area contributed by atoms with Crippen LogP contribution in [0.5, 0.6) is 5.75 Å². The third-order valence-corrected chi connectivity index (χ3v) is 4.12. The highest BCUT2D eigenvalue weighted by atomic mass is 19.3. The highest BCUT2D eigenvalue weighted by Gasteiger charge is 2.21. The maximum Gasteiger partial charge on any atom is 0.387 e. The van der Waals surface area contributed by atoms with Crippen LogP contribution in [0, 0.1) is 0 Å². The van der Waals surface area contributed by atoms with E-state index in [1.54, 1.807) is 12.1 Å². The fraction of sp³-hybridized carbons (Fsp3) is 0.625. The molecule has 5 heteroatoms. The normalized spacial score (nSPS) is 18.9. The summed E-state index contributed by atoms with van der Waals surface area (Å²) in [6.07, 6.45) is 2.19. The molecule has 0 aliphatic carbocycles. The molecule has 1 saturated heterocycles. The molecule has 0 spiro atoms. The molecule has 0 amide bonds. The largest absolute Gasteiger partial charge is 0.434 e. The van der Waals surface area contributed by atoms with Crippen LogP contribution in [0.3, 0.4) is 0 Å². The monoisotopic (exact) mass is 298 g/mol. The number of piperidine rings is 1. The standard InChI is InChI=1S/C16H24F2N2O/c1-3-20-10-8-13(9-11-20)19-12(2)14-6-4-5-7-15(14)21-16(17)18/h4-7,12-13,16,19H,3,8-11H2,1-2H3. The molecule has 1 aromatic rings. The quantitative estimate of drug-likeness (QED) is 0.871. The van der Waals surface area contributed by atoms with Crippen LogP contribution in [0.4, 0.5) is 8.78 Å². The van der Waals surface area contributed by atoms with Gasteiger partial charge < -0.3 is 15.0 Å². The first kappa shape index (κ1) is 16.2. The zero-order chi connectivity index (χ0) is 15.2. The van der Waals surface area contributed by atoms with Crippen LogP contribution in [0.25, 0.3) is 0 Å². The van der Waals surface area contributed by atoms with Crippen molar-refractivity contribution in [3.8, 4) is 5.75 Å². The zero-order valence-corrected chi connectivity index (χ0v) is 12.7. The first-order chi connectivity index (χ1) is 10.1. The molecule has 1 unspecified atom stereocenters. The summed E-state index contributed by atoms with van der Waals surface area (Å²) in [4.78, 5) is 2.43. The molecule has 1 atom stereocenters. The van der Waals surface area contributed by atoms with Crippen molar-refractivity contribution < 1.29 is 13.5 Å². The summed E-state index contributed by atoms with van der Waals surface area (Å²) in [6, 6.07) is 7.44. The van der Waals surface area contributed by atoms with Crippen molar-refractivity contribution in [2.75, 3.05) is 19.6 Å². The Bertz CT molecular complexity index is 434. The summed E-state index contributed by atoms with van der Waals surface area (Å²) in [5.74, 6) is 0.262. The van der Waals surface area contributed by atoms with Crippen LogP contribution in [0.15, 0.2) is 24.3 Å². The predicted molar refractivity (Wildman–Crippen MR) is 79.8 cm³/mol. The maximum atomic E-state index is 12.5. The van der Waals surface area contributed by atoms with Gasteiger partial charge in [-0.2, -0.15) is 8.78 Å². The van der Waals surface area contributed by atoms with Gasteiger partial charge in [0.05, 0.1) is 0 Å². The van der Waals surface area contributed by atoms with Gasteiger partial charge in [-0.25, -0.2) is 0 Å². The predicted octanol–water partition coefficient (Wildman–Crippen LogP) is 3.42. The second kappa shape index (κ2) is 7.71. The topological polar surface area (TPSA) is 24.5 Å². The molecule has 0 saturated carbocycles. The minimum Gasteiger partial charge on any atom is -0.434 e. The second-order valence-corrected chi connectivity index (χ2v) is 5.51.